The normalized spacial score (nSPS) is 17.5. The van der Waals surface area contributed by atoms with Gasteiger partial charge in [-0.1, -0.05) is 42.5 Å². The monoisotopic (exact) mass is 485 g/mol. The molecule has 5 aromatic rings. The molecule has 1 aliphatic carbocycles. The number of imidazole rings is 1. The molecule has 1 N–H and O–H groups in total. The summed E-state index contributed by atoms with van der Waals surface area (Å²) >= 11 is 0. The lowest BCUT2D eigenvalue weighted by Crippen LogP contribution is -2.30. The summed E-state index contributed by atoms with van der Waals surface area (Å²) in [6.45, 7) is 2.41. The molecule has 2 aliphatic rings. The molecule has 1 atom stereocenters. The number of benzene rings is 3. The van der Waals surface area contributed by atoms with E-state index < -0.39 is 0 Å². The molecule has 3 aromatic carbocycles. The zero-order valence-corrected chi connectivity index (χ0v) is 20.5. The van der Waals surface area contributed by atoms with Crippen molar-refractivity contribution in [2.24, 2.45) is 11.8 Å². The Bertz CT molecular complexity index is 1680. The Morgan fingerprint density at radius 1 is 1.00 bits per heavy atom. The summed E-state index contributed by atoms with van der Waals surface area (Å²) in [5.74, 6) is 1.84. The van der Waals surface area contributed by atoms with Crippen LogP contribution in [0.15, 0.2) is 72.9 Å². The molecule has 7 rings (SSSR count). The third-order valence-corrected chi connectivity index (χ3v) is 7.90. The van der Waals surface area contributed by atoms with Crippen LogP contribution >= 0.6 is 0 Å². The topological polar surface area (TPSA) is 77.7 Å². The van der Waals surface area contributed by atoms with Crippen LogP contribution < -0.4 is 0 Å². The van der Waals surface area contributed by atoms with Crippen LogP contribution in [-0.2, 0) is 11.3 Å². The van der Waals surface area contributed by atoms with Crippen LogP contribution in [0, 0.1) is 23.2 Å². The van der Waals surface area contributed by atoms with E-state index in [4.69, 9.17) is 4.98 Å². The lowest BCUT2D eigenvalue weighted by atomic mass is 10.0. The number of aromatic amines is 1. The summed E-state index contributed by atoms with van der Waals surface area (Å²) in [7, 11) is 0. The van der Waals surface area contributed by atoms with Crippen molar-refractivity contribution in [3.63, 3.8) is 0 Å². The van der Waals surface area contributed by atoms with Gasteiger partial charge in [0.2, 0.25) is 5.91 Å². The molecule has 0 spiro atoms. The quantitative estimate of drug-likeness (QED) is 0.333. The van der Waals surface area contributed by atoms with Crippen molar-refractivity contribution in [1.82, 2.24) is 19.4 Å². The van der Waals surface area contributed by atoms with Gasteiger partial charge in [0, 0.05) is 42.8 Å². The van der Waals surface area contributed by atoms with E-state index in [9.17, 15) is 10.1 Å². The van der Waals surface area contributed by atoms with E-state index in [0.717, 1.165) is 78.0 Å². The average Bonchev–Trinajstić information content (AvgIpc) is 3.32. The standard InChI is InChI=1S/C31H27N5O/c32-17-26-2-1-3-28-29(26)34-30(36(28)19-20-13-15-35(18-20)31(37)24-9-10-24)23-7-4-21(5-8-23)25-11-6-22-12-14-33-27(22)16-25/h1-8,11-12,14,16,20,24,33H,9-10,13,15,18-19H2/t20-/m0/s1. The summed E-state index contributed by atoms with van der Waals surface area (Å²) in [6.07, 6.45) is 5.04. The first kappa shape index (κ1) is 21.9. The Morgan fingerprint density at radius 3 is 2.62 bits per heavy atom. The van der Waals surface area contributed by atoms with Crippen LogP contribution in [0.3, 0.4) is 0 Å². The predicted octanol–water partition coefficient (Wildman–Crippen LogP) is 5.98. The maximum atomic E-state index is 12.6. The van der Waals surface area contributed by atoms with Gasteiger partial charge in [-0.2, -0.15) is 5.26 Å². The Hall–Kier alpha value is -4.37. The van der Waals surface area contributed by atoms with Gasteiger partial charge in [-0.15, -0.1) is 0 Å². The van der Waals surface area contributed by atoms with Gasteiger partial charge in [-0.05, 0) is 66.0 Å². The molecule has 1 aliphatic heterocycles. The summed E-state index contributed by atoms with van der Waals surface area (Å²) in [6, 6.07) is 25.2. The largest absolute Gasteiger partial charge is 0.361 e. The van der Waals surface area contributed by atoms with Crippen LogP contribution in [0.1, 0.15) is 24.8 Å². The van der Waals surface area contributed by atoms with Crippen molar-refractivity contribution >= 4 is 27.8 Å². The first-order chi connectivity index (χ1) is 18.2. The molecule has 37 heavy (non-hydrogen) atoms. The van der Waals surface area contributed by atoms with E-state index in [0.29, 0.717) is 17.4 Å². The van der Waals surface area contributed by atoms with Gasteiger partial charge in [-0.3, -0.25) is 4.79 Å². The van der Waals surface area contributed by atoms with Crippen LogP contribution in [0.2, 0.25) is 0 Å². The van der Waals surface area contributed by atoms with Crippen molar-refractivity contribution in [3.05, 3.63) is 78.5 Å². The Morgan fingerprint density at radius 2 is 1.81 bits per heavy atom. The molecule has 3 heterocycles. The number of amides is 1. The summed E-state index contributed by atoms with van der Waals surface area (Å²) in [5.41, 5.74) is 6.75. The summed E-state index contributed by atoms with van der Waals surface area (Å²) < 4.78 is 2.26. The Balaban J connectivity index is 1.23. The second-order valence-electron chi connectivity index (χ2n) is 10.4. The Kier molecular flexibility index (Phi) is 5.10. The minimum atomic E-state index is 0.262. The molecule has 1 saturated heterocycles. The molecule has 0 radical (unpaired) electrons. The Labute approximate surface area is 215 Å². The number of likely N-dealkylation sites (tertiary alicyclic amines) is 1. The number of carbonyl (C=O) groups is 1. The first-order valence-corrected chi connectivity index (χ1v) is 13.0. The van der Waals surface area contributed by atoms with Crippen molar-refractivity contribution in [3.8, 4) is 28.6 Å². The van der Waals surface area contributed by atoms with E-state index in [1.807, 2.05) is 18.3 Å². The lowest BCUT2D eigenvalue weighted by molar-refractivity contribution is -0.131. The predicted molar refractivity (Wildman–Crippen MR) is 145 cm³/mol. The first-order valence-electron chi connectivity index (χ1n) is 13.0. The number of hydrogen-bond acceptors (Lipinski definition) is 3. The van der Waals surface area contributed by atoms with Gasteiger partial charge in [-0.25, -0.2) is 4.98 Å². The molecule has 0 unspecified atom stereocenters. The smallest absolute Gasteiger partial charge is 0.225 e. The highest BCUT2D eigenvalue weighted by molar-refractivity contribution is 5.87. The number of fused-ring (bicyclic) bond motifs is 2. The van der Waals surface area contributed by atoms with Crippen molar-refractivity contribution in [1.29, 1.82) is 5.26 Å². The molecular formula is C31H27N5O. The van der Waals surface area contributed by atoms with Gasteiger partial charge < -0.3 is 14.5 Å². The second-order valence-corrected chi connectivity index (χ2v) is 10.4. The molecule has 1 amide bonds. The fourth-order valence-electron chi connectivity index (χ4n) is 5.71. The van der Waals surface area contributed by atoms with Gasteiger partial charge in [0.25, 0.3) is 0 Å². The number of H-pyrrole nitrogens is 1. The molecule has 6 heteroatoms. The number of nitriles is 1. The van der Waals surface area contributed by atoms with Crippen LogP contribution in [-0.4, -0.2) is 38.4 Å². The number of nitrogens with zero attached hydrogens (tertiary/aromatic N) is 4. The fraction of sp³-hybridized carbons (Fsp3) is 0.258. The summed E-state index contributed by atoms with van der Waals surface area (Å²) in [5, 5.41) is 10.9. The number of hydrogen-bond donors (Lipinski definition) is 1. The molecular weight excluding hydrogens is 458 g/mol. The third-order valence-electron chi connectivity index (χ3n) is 7.90. The van der Waals surface area contributed by atoms with Crippen molar-refractivity contribution in [2.45, 2.75) is 25.8 Å². The number of aromatic nitrogens is 3. The van der Waals surface area contributed by atoms with Gasteiger partial charge in [0.1, 0.15) is 17.4 Å². The molecule has 2 fully saturated rings. The van der Waals surface area contributed by atoms with E-state index in [2.05, 4.69) is 75.1 Å². The number of para-hydroxylation sites is 1. The van der Waals surface area contributed by atoms with E-state index in [-0.39, 0.29) is 5.92 Å². The molecule has 1 saturated carbocycles. The van der Waals surface area contributed by atoms with Gasteiger partial charge in [0.15, 0.2) is 0 Å². The number of carbonyl (C=O) groups excluding carboxylic acids is 1. The fourth-order valence-corrected chi connectivity index (χ4v) is 5.71. The highest BCUT2D eigenvalue weighted by Crippen LogP contribution is 2.35. The molecule has 182 valence electrons. The number of rotatable bonds is 5. The van der Waals surface area contributed by atoms with E-state index in [1.54, 1.807) is 0 Å². The number of nitrogens with one attached hydrogen (secondary N) is 1. The molecule has 2 aromatic heterocycles. The van der Waals surface area contributed by atoms with E-state index in [1.165, 1.54) is 5.39 Å². The second kappa shape index (κ2) is 8.63. The van der Waals surface area contributed by atoms with Crippen LogP contribution in [0.25, 0.3) is 44.5 Å². The third kappa shape index (κ3) is 3.88. The minimum absolute atomic E-state index is 0.262. The lowest BCUT2D eigenvalue weighted by Gasteiger charge is -2.18. The van der Waals surface area contributed by atoms with Crippen LogP contribution in [0.5, 0.6) is 0 Å². The molecule has 0 bridgehead atoms. The SMILES string of the molecule is N#Cc1cccc2c1nc(-c1ccc(-c3ccc4cc[nH]c4c3)cc1)n2C[C@H]1CCN(C(=O)C2CC2)C1. The highest BCUT2D eigenvalue weighted by Gasteiger charge is 2.36. The maximum absolute atomic E-state index is 12.6. The zero-order valence-electron chi connectivity index (χ0n) is 20.5. The summed E-state index contributed by atoms with van der Waals surface area (Å²) in [4.78, 5) is 22.9. The van der Waals surface area contributed by atoms with E-state index >= 15 is 0 Å². The van der Waals surface area contributed by atoms with Crippen LogP contribution in [0.4, 0.5) is 0 Å². The maximum Gasteiger partial charge on any atom is 0.225 e. The zero-order chi connectivity index (χ0) is 24.9. The molecule has 6 nitrogen and oxygen atoms in total. The van der Waals surface area contributed by atoms with Crippen molar-refractivity contribution in [2.75, 3.05) is 13.1 Å². The highest BCUT2D eigenvalue weighted by atomic mass is 16.2. The van der Waals surface area contributed by atoms with Gasteiger partial charge in [0.05, 0.1) is 11.1 Å². The van der Waals surface area contributed by atoms with Crippen molar-refractivity contribution < 1.29 is 4.79 Å². The minimum Gasteiger partial charge on any atom is -0.361 e. The average molecular weight is 486 g/mol. The van der Waals surface area contributed by atoms with Gasteiger partial charge >= 0.3 is 0 Å².